The van der Waals surface area contributed by atoms with Crippen LogP contribution in [0, 0.1) is 0 Å². The highest BCUT2D eigenvalue weighted by atomic mass is 19.1. The van der Waals surface area contributed by atoms with Gasteiger partial charge >= 0.3 is 11.9 Å². The number of hydrogen-bond donors (Lipinski definition) is 2. The van der Waals surface area contributed by atoms with Crippen LogP contribution >= 0.6 is 0 Å². The van der Waals surface area contributed by atoms with Gasteiger partial charge in [0, 0.05) is 0 Å². The maximum atomic E-state index is 12.3. The van der Waals surface area contributed by atoms with Gasteiger partial charge in [0.25, 0.3) is 0 Å². The molecule has 1 aromatic rings. The molecule has 0 spiro atoms. The Hall–Kier alpha value is -2.24. The molecule has 0 saturated heterocycles. The van der Waals surface area contributed by atoms with Gasteiger partial charge in [0.15, 0.2) is 11.8 Å². The predicted octanol–water partition coefficient (Wildman–Crippen LogP) is 1.31. The number of carboxylic acid groups (broad SMARTS) is 2. The molecule has 0 aliphatic carbocycles. The molecule has 0 heterocycles. The van der Waals surface area contributed by atoms with Crippen molar-refractivity contribution in [1.82, 2.24) is 0 Å². The normalized spacial score (nSPS) is 13.1. The highest BCUT2D eigenvalue weighted by molar-refractivity contribution is 6.36. The minimum absolute atomic E-state index is 0.298. The lowest BCUT2D eigenvalue weighted by Gasteiger charge is -2.08. The number of aliphatic imine (C=N–C) groups is 1. The van der Waals surface area contributed by atoms with Crippen LogP contribution in [-0.4, -0.2) is 34.5 Å². The zero-order valence-electron chi connectivity index (χ0n) is 8.71. The summed E-state index contributed by atoms with van der Waals surface area (Å²) in [6.07, 6.45) is 0. The number of halogens is 1. The molecule has 1 atom stereocenters. The van der Waals surface area contributed by atoms with E-state index in [1.54, 1.807) is 18.2 Å². The Kier molecular flexibility index (Phi) is 4.33. The van der Waals surface area contributed by atoms with Gasteiger partial charge in [0.2, 0.25) is 0 Å². The summed E-state index contributed by atoms with van der Waals surface area (Å²) in [6, 6.07) is 6.44. The van der Waals surface area contributed by atoms with Crippen molar-refractivity contribution in [2.24, 2.45) is 4.99 Å². The van der Waals surface area contributed by atoms with E-state index in [1.807, 2.05) is 0 Å². The first kappa shape index (κ1) is 12.8. The van der Waals surface area contributed by atoms with Crippen LogP contribution in [0.25, 0.3) is 0 Å². The molecule has 0 aliphatic rings. The first-order valence-corrected chi connectivity index (χ1v) is 4.70. The zero-order chi connectivity index (χ0) is 12.8. The van der Waals surface area contributed by atoms with E-state index in [9.17, 15) is 14.0 Å². The summed E-state index contributed by atoms with van der Waals surface area (Å²) in [5, 5.41) is 17.5. The number of alkyl halides is 1. The van der Waals surface area contributed by atoms with Gasteiger partial charge in [0.1, 0.15) is 6.67 Å². The van der Waals surface area contributed by atoms with E-state index in [4.69, 9.17) is 10.2 Å². The summed E-state index contributed by atoms with van der Waals surface area (Å²) in [7, 11) is 0. The Morgan fingerprint density at radius 2 is 1.82 bits per heavy atom. The molecule has 0 fully saturated rings. The Morgan fingerprint density at radius 1 is 1.24 bits per heavy atom. The van der Waals surface area contributed by atoms with Gasteiger partial charge in [-0.1, -0.05) is 30.3 Å². The molecule has 2 N–H and O–H groups in total. The Bertz CT molecular complexity index is 444. The fourth-order valence-corrected chi connectivity index (χ4v) is 1.21. The second-order valence-electron chi connectivity index (χ2n) is 3.17. The first-order valence-electron chi connectivity index (χ1n) is 4.70. The van der Waals surface area contributed by atoms with E-state index in [0.717, 1.165) is 0 Å². The van der Waals surface area contributed by atoms with Gasteiger partial charge in [-0.05, 0) is 5.56 Å². The molecule has 0 amide bonds. The fraction of sp³-hybridized carbons (Fsp3) is 0.182. The Labute approximate surface area is 96.2 Å². The Balaban J connectivity index is 3.11. The molecule has 0 radical (unpaired) electrons. The highest BCUT2D eigenvalue weighted by Crippen LogP contribution is 2.17. The number of nitrogens with zero attached hydrogens (tertiary/aromatic N) is 1. The molecule has 1 aromatic carbocycles. The third-order valence-corrected chi connectivity index (χ3v) is 2.01. The van der Waals surface area contributed by atoms with E-state index in [1.165, 1.54) is 12.1 Å². The van der Waals surface area contributed by atoms with E-state index in [2.05, 4.69) is 4.99 Å². The van der Waals surface area contributed by atoms with E-state index in [0.29, 0.717) is 5.56 Å². The molecule has 0 aromatic heterocycles. The molecule has 17 heavy (non-hydrogen) atoms. The van der Waals surface area contributed by atoms with E-state index in [-0.39, 0.29) is 0 Å². The summed E-state index contributed by atoms with van der Waals surface area (Å²) < 4.78 is 12.3. The van der Waals surface area contributed by atoms with Crippen LogP contribution < -0.4 is 0 Å². The van der Waals surface area contributed by atoms with Crippen LogP contribution in [0.4, 0.5) is 4.39 Å². The average Bonchev–Trinajstić information content (AvgIpc) is 2.30. The summed E-state index contributed by atoms with van der Waals surface area (Å²) in [5.41, 5.74) is -0.506. The first-order chi connectivity index (χ1) is 8.06. The van der Waals surface area contributed by atoms with Gasteiger partial charge in [-0.3, -0.25) is 4.99 Å². The second-order valence-corrected chi connectivity index (χ2v) is 3.17. The zero-order valence-corrected chi connectivity index (χ0v) is 8.71. The standard InChI is InChI=1S/C11H10FNO4/c12-6-8(10(14)15)13-9(11(16)17)7-4-2-1-3-5-7/h1-5,9H,6H2,(H,14,15)(H,16,17)/b13-8+. The average molecular weight is 239 g/mol. The molecular formula is C11H10FNO4. The SMILES string of the molecule is O=C(O)/C(CF)=N/C(C(=O)O)c1ccccc1. The number of carboxylic acids is 2. The summed E-state index contributed by atoms with van der Waals surface area (Å²) in [4.78, 5) is 24.9. The van der Waals surface area contributed by atoms with Crippen molar-refractivity contribution in [2.75, 3.05) is 6.67 Å². The van der Waals surface area contributed by atoms with E-state index < -0.39 is 30.4 Å². The van der Waals surface area contributed by atoms with Crippen molar-refractivity contribution >= 4 is 17.7 Å². The number of carbonyl (C=O) groups is 2. The molecule has 1 unspecified atom stereocenters. The van der Waals surface area contributed by atoms with Crippen molar-refractivity contribution in [1.29, 1.82) is 0 Å². The van der Waals surface area contributed by atoms with Crippen molar-refractivity contribution in [3.05, 3.63) is 35.9 Å². The number of benzene rings is 1. The van der Waals surface area contributed by atoms with Gasteiger partial charge in [-0.2, -0.15) is 0 Å². The number of aliphatic carboxylic acids is 2. The second kappa shape index (κ2) is 5.74. The third-order valence-electron chi connectivity index (χ3n) is 2.01. The monoisotopic (exact) mass is 239 g/mol. The maximum Gasteiger partial charge on any atom is 0.352 e. The van der Waals surface area contributed by atoms with Crippen LogP contribution in [-0.2, 0) is 9.59 Å². The molecular weight excluding hydrogens is 229 g/mol. The van der Waals surface area contributed by atoms with Gasteiger partial charge in [-0.15, -0.1) is 0 Å². The number of hydrogen-bond acceptors (Lipinski definition) is 3. The fourth-order valence-electron chi connectivity index (χ4n) is 1.21. The lowest BCUT2D eigenvalue weighted by Crippen LogP contribution is -2.19. The minimum atomic E-state index is -1.56. The van der Waals surface area contributed by atoms with Crippen LogP contribution in [0.1, 0.15) is 11.6 Å². The molecule has 0 saturated carbocycles. The maximum absolute atomic E-state index is 12.3. The van der Waals surface area contributed by atoms with Crippen molar-refractivity contribution in [3.8, 4) is 0 Å². The van der Waals surface area contributed by atoms with Crippen LogP contribution in [0.15, 0.2) is 35.3 Å². The van der Waals surface area contributed by atoms with Crippen molar-refractivity contribution in [3.63, 3.8) is 0 Å². The van der Waals surface area contributed by atoms with Crippen LogP contribution in [0.2, 0.25) is 0 Å². The van der Waals surface area contributed by atoms with Crippen LogP contribution in [0.5, 0.6) is 0 Å². The van der Waals surface area contributed by atoms with Crippen LogP contribution in [0.3, 0.4) is 0 Å². The third kappa shape index (κ3) is 3.37. The van der Waals surface area contributed by atoms with Crippen molar-refractivity contribution in [2.45, 2.75) is 6.04 Å². The van der Waals surface area contributed by atoms with Gasteiger partial charge < -0.3 is 10.2 Å². The largest absolute Gasteiger partial charge is 0.479 e. The molecule has 5 nitrogen and oxygen atoms in total. The number of rotatable bonds is 5. The van der Waals surface area contributed by atoms with E-state index >= 15 is 0 Å². The minimum Gasteiger partial charge on any atom is -0.479 e. The molecule has 90 valence electrons. The highest BCUT2D eigenvalue weighted by Gasteiger charge is 2.21. The quantitative estimate of drug-likeness (QED) is 0.758. The summed E-state index contributed by atoms with van der Waals surface area (Å²) in [5.74, 6) is -2.89. The molecule has 1 rings (SSSR count). The van der Waals surface area contributed by atoms with Crippen molar-refractivity contribution < 1.29 is 24.2 Å². The van der Waals surface area contributed by atoms with Gasteiger partial charge in [-0.25, -0.2) is 14.0 Å². The predicted molar refractivity (Wildman–Crippen MR) is 57.9 cm³/mol. The molecule has 0 bridgehead atoms. The van der Waals surface area contributed by atoms with Gasteiger partial charge in [0.05, 0.1) is 0 Å². The smallest absolute Gasteiger partial charge is 0.352 e. The molecule has 6 heteroatoms. The summed E-state index contributed by atoms with van der Waals surface area (Å²) >= 11 is 0. The lowest BCUT2D eigenvalue weighted by molar-refractivity contribution is -0.138. The summed E-state index contributed by atoms with van der Waals surface area (Å²) in [6.45, 7) is -1.31. The molecule has 0 aliphatic heterocycles. The topological polar surface area (TPSA) is 87.0 Å². The lowest BCUT2D eigenvalue weighted by atomic mass is 10.1. The Morgan fingerprint density at radius 3 is 2.24 bits per heavy atom.